The van der Waals surface area contributed by atoms with Gasteiger partial charge in [0.1, 0.15) is 17.4 Å². The molecule has 0 saturated carbocycles. The molecule has 1 fully saturated rings. The Labute approximate surface area is 191 Å². The summed E-state index contributed by atoms with van der Waals surface area (Å²) < 4.78 is 11.6. The molecular weight excluding hydrogens is 422 g/mol. The summed E-state index contributed by atoms with van der Waals surface area (Å²) >= 11 is 5.68. The zero-order valence-electron chi connectivity index (χ0n) is 17.6. The lowest BCUT2D eigenvalue weighted by Crippen LogP contribution is -2.51. The molecule has 7 nitrogen and oxygen atoms in total. The highest BCUT2D eigenvalue weighted by atomic mass is 32.1. The van der Waals surface area contributed by atoms with Gasteiger partial charge in [-0.05, 0) is 41.0 Å². The molecule has 2 aliphatic heterocycles. The third kappa shape index (κ3) is 3.45. The van der Waals surface area contributed by atoms with E-state index in [1.54, 1.807) is 6.33 Å². The standard InChI is InChI=1S/C24H23N5O2S/c32-24(25-12-16-5-6-17-13-30-14-18(17)11-16)29-9-7-28(8-10-29)23-22-21(26-15-27-23)19-3-1-2-4-20(19)31-22/h1-6,11,15H,7-10,12-14H2,(H,25,32). The lowest BCUT2D eigenvalue weighted by molar-refractivity contribution is 0.134. The van der Waals surface area contributed by atoms with E-state index in [9.17, 15) is 0 Å². The van der Waals surface area contributed by atoms with Crippen LogP contribution in [0.1, 0.15) is 16.7 Å². The second-order valence-electron chi connectivity index (χ2n) is 8.20. The van der Waals surface area contributed by atoms with Crippen LogP contribution in [-0.2, 0) is 24.5 Å². The monoisotopic (exact) mass is 445 g/mol. The topological polar surface area (TPSA) is 66.7 Å². The molecule has 8 heteroatoms. The Morgan fingerprint density at radius 2 is 1.84 bits per heavy atom. The lowest BCUT2D eigenvalue weighted by atomic mass is 10.1. The van der Waals surface area contributed by atoms with Crippen LogP contribution in [0.15, 0.2) is 53.2 Å². The van der Waals surface area contributed by atoms with Crippen molar-refractivity contribution in [3.05, 3.63) is 65.5 Å². The van der Waals surface area contributed by atoms with Gasteiger partial charge < -0.3 is 24.3 Å². The molecule has 2 aromatic carbocycles. The molecule has 2 aliphatic rings. The number of hydrogen-bond acceptors (Lipinski definition) is 6. The average molecular weight is 446 g/mol. The van der Waals surface area contributed by atoms with Crippen LogP contribution in [0, 0.1) is 0 Å². The zero-order valence-corrected chi connectivity index (χ0v) is 18.4. The van der Waals surface area contributed by atoms with Gasteiger partial charge in [-0.3, -0.25) is 0 Å². The van der Waals surface area contributed by atoms with Crippen LogP contribution in [0.4, 0.5) is 5.82 Å². The first-order chi connectivity index (χ1) is 15.8. The van der Waals surface area contributed by atoms with E-state index in [1.165, 1.54) is 16.7 Å². The van der Waals surface area contributed by atoms with Crippen LogP contribution in [-0.4, -0.2) is 46.2 Å². The summed E-state index contributed by atoms with van der Waals surface area (Å²) in [5.41, 5.74) is 6.25. The van der Waals surface area contributed by atoms with E-state index in [2.05, 4.69) is 43.3 Å². The molecule has 1 saturated heterocycles. The number of ether oxygens (including phenoxy) is 1. The van der Waals surface area contributed by atoms with Gasteiger partial charge in [-0.25, -0.2) is 9.97 Å². The number of nitrogens with one attached hydrogen (secondary N) is 1. The van der Waals surface area contributed by atoms with Gasteiger partial charge >= 0.3 is 0 Å². The van der Waals surface area contributed by atoms with Crippen molar-refractivity contribution in [2.45, 2.75) is 19.8 Å². The second-order valence-corrected chi connectivity index (χ2v) is 8.59. The molecule has 0 aliphatic carbocycles. The van der Waals surface area contributed by atoms with Crippen LogP contribution >= 0.6 is 12.2 Å². The maximum absolute atomic E-state index is 6.10. The predicted molar refractivity (Wildman–Crippen MR) is 127 cm³/mol. The predicted octanol–water partition coefficient (Wildman–Crippen LogP) is 3.60. The highest BCUT2D eigenvalue weighted by Gasteiger charge is 2.23. The van der Waals surface area contributed by atoms with Crippen LogP contribution in [0.5, 0.6) is 0 Å². The number of para-hydroxylation sites is 1. The van der Waals surface area contributed by atoms with E-state index in [4.69, 9.17) is 21.4 Å². The number of anilines is 1. The van der Waals surface area contributed by atoms with Crippen molar-refractivity contribution in [3.8, 4) is 0 Å². The molecule has 0 bridgehead atoms. The number of fused-ring (bicyclic) bond motifs is 4. The Kier molecular flexibility index (Phi) is 4.88. The highest BCUT2D eigenvalue weighted by molar-refractivity contribution is 7.80. The smallest absolute Gasteiger partial charge is 0.196 e. The molecule has 0 radical (unpaired) electrons. The van der Waals surface area contributed by atoms with Gasteiger partial charge in [0.15, 0.2) is 16.5 Å². The fourth-order valence-corrected chi connectivity index (χ4v) is 4.74. The van der Waals surface area contributed by atoms with Gasteiger partial charge in [-0.1, -0.05) is 30.3 Å². The number of rotatable bonds is 3. The fourth-order valence-electron chi connectivity index (χ4n) is 4.48. The van der Waals surface area contributed by atoms with Crippen molar-refractivity contribution in [1.82, 2.24) is 20.2 Å². The molecule has 0 unspecified atom stereocenters. The normalized spacial score (nSPS) is 16.0. The first-order valence-corrected chi connectivity index (χ1v) is 11.3. The van der Waals surface area contributed by atoms with Crippen LogP contribution in [0.3, 0.4) is 0 Å². The van der Waals surface area contributed by atoms with Crippen LogP contribution in [0.25, 0.3) is 22.1 Å². The minimum atomic E-state index is 0.705. The Balaban J connectivity index is 1.11. The third-order valence-corrected chi connectivity index (χ3v) is 6.64. The van der Waals surface area contributed by atoms with Crippen molar-refractivity contribution < 1.29 is 9.15 Å². The third-order valence-electron chi connectivity index (χ3n) is 6.24. The first-order valence-electron chi connectivity index (χ1n) is 10.8. The molecule has 1 N–H and O–H groups in total. The molecule has 4 aromatic rings. The number of furan rings is 1. The summed E-state index contributed by atoms with van der Waals surface area (Å²) in [5.74, 6) is 0.852. The maximum Gasteiger partial charge on any atom is 0.196 e. The summed E-state index contributed by atoms with van der Waals surface area (Å²) in [7, 11) is 0. The SMILES string of the molecule is S=C(NCc1ccc2c(c1)COC2)N1CCN(c2ncnc3c2oc2ccccc23)CC1. The summed E-state index contributed by atoms with van der Waals surface area (Å²) in [6.45, 7) is 5.45. The van der Waals surface area contributed by atoms with Crippen LogP contribution < -0.4 is 10.2 Å². The molecule has 0 amide bonds. The number of hydrogen-bond donors (Lipinski definition) is 1. The van der Waals surface area contributed by atoms with Gasteiger partial charge in [-0.2, -0.15) is 0 Å². The van der Waals surface area contributed by atoms with E-state index in [0.717, 1.165) is 72.3 Å². The molecule has 6 rings (SSSR count). The van der Waals surface area contributed by atoms with Crippen molar-refractivity contribution >= 4 is 45.2 Å². The Morgan fingerprint density at radius 1 is 1.00 bits per heavy atom. The quantitative estimate of drug-likeness (QED) is 0.480. The van der Waals surface area contributed by atoms with E-state index in [-0.39, 0.29) is 0 Å². The van der Waals surface area contributed by atoms with E-state index < -0.39 is 0 Å². The molecule has 162 valence electrons. The minimum Gasteiger partial charge on any atom is -0.450 e. The van der Waals surface area contributed by atoms with Gasteiger partial charge in [0.05, 0.1) is 13.2 Å². The summed E-state index contributed by atoms with van der Waals surface area (Å²) in [5, 5.41) is 5.23. The number of piperazine rings is 1. The van der Waals surface area contributed by atoms with Crippen molar-refractivity contribution in [1.29, 1.82) is 0 Å². The molecule has 2 aromatic heterocycles. The average Bonchev–Trinajstić information content (AvgIpc) is 3.46. The molecule has 0 atom stereocenters. The lowest BCUT2D eigenvalue weighted by Gasteiger charge is -2.36. The van der Waals surface area contributed by atoms with Crippen molar-refractivity contribution in [2.24, 2.45) is 0 Å². The largest absolute Gasteiger partial charge is 0.450 e. The molecule has 0 spiro atoms. The summed E-state index contributed by atoms with van der Waals surface area (Å²) in [4.78, 5) is 13.5. The number of thiocarbonyl (C=S) groups is 1. The number of aromatic nitrogens is 2. The summed E-state index contributed by atoms with van der Waals surface area (Å²) in [6, 6.07) is 14.5. The number of benzene rings is 2. The van der Waals surface area contributed by atoms with E-state index in [0.29, 0.717) is 6.61 Å². The highest BCUT2D eigenvalue weighted by Crippen LogP contribution is 2.32. The summed E-state index contributed by atoms with van der Waals surface area (Å²) in [6.07, 6.45) is 1.62. The first kappa shape index (κ1) is 19.5. The molecule has 4 heterocycles. The van der Waals surface area contributed by atoms with E-state index >= 15 is 0 Å². The van der Waals surface area contributed by atoms with Crippen LogP contribution in [0.2, 0.25) is 0 Å². The number of nitrogens with zero attached hydrogens (tertiary/aromatic N) is 4. The second kappa shape index (κ2) is 8.03. The van der Waals surface area contributed by atoms with Gasteiger partial charge in [0.25, 0.3) is 0 Å². The van der Waals surface area contributed by atoms with Crippen molar-refractivity contribution in [3.63, 3.8) is 0 Å². The maximum atomic E-state index is 6.10. The Morgan fingerprint density at radius 3 is 2.75 bits per heavy atom. The molecular formula is C24H23N5O2S. The Bertz CT molecular complexity index is 1310. The van der Waals surface area contributed by atoms with Gasteiger partial charge in [0.2, 0.25) is 0 Å². The van der Waals surface area contributed by atoms with E-state index in [1.807, 2.05) is 24.3 Å². The molecule has 32 heavy (non-hydrogen) atoms. The Hall–Kier alpha value is -3.23. The zero-order chi connectivity index (χ0) is 21.5. The van der Waals surface area contributed by atoms with Crippen molar-refractivity contribution in [2.75, 3.05) is 31.1 Å². The van der Waals surface area contributed by atoms with Gasteiger partial charge in [0, 0.05) is 38.1 Å². The van der Waals surface area contributed by atoms with Gasteiger partial charge in [-0.15, -0.1) is 0 Å². The minimum absolute atomic E-state index is 0.705. The fraction of sp³-hybridized carbons (Fsp3) is 0.292.